The Bertz CT molecular complexity index is 1000. The van der Waals surface area contributed by atoms with Crippen LogP contribution in [-0.4, -0.2) is 0 Å². The van der Waals surface area contributed by atoms with Gasteiger partial charge in [0.25, 0.3) is 0 Å². The summed E-state index contributed by atoms with van der Waals surface area (Å²) in [5.74, 6) is 0.708. The molecule has 0 aliphatic heterocycles. The van der Waals surface area contributed by atoms with Crippen molar-refractivity contribution in [2.24, 2.45) is 5.92 Å². The molecule has 0 fully saturated rings. The molecule has 0 spiro atoms. The van der Waals surface area contributed by atoms with Gasteiger partial charge in [0.05, 0.1) is 0 Å². The fourth-order valence-corrected chi connectivity index (χ4v) is 5.43. The zero-order chi connectivity index (χ0) is 17.9. The van der Waals surface area contributed by atoms with Crippen molar-refractivity contribution in [1.82, 2.24) is 0 Å². The van der Waals surface area contributed by atoms with Crippen molar-refractivity contribution in [3.05, 3.63) is 86.5 Å². The van der Waals surface area contributed by atoms with Crippen molar-refractivity contribution in [3.63, 3.8) is 0 Å². The van der Waals surface area contributed by atoms with E-state index in [1.54, 1.807) is 5.57 Å². The molecule has 0 nitrogen and oxygen atoms in total. The minimum absolute atomic E-state index is 0.0628. The Kier molecular flexibility index (Phi) is 3.79. The first-order valence-corrected chi connectivity index (χ1v) is 10.7. The molecule has 2 aromatic rings. The summed E-state index contributed by atoms with van der Waals surface area (Å²) in [5.41, 5.74) is 10.2. The predicted octanol–water partition coefficient (Wildman–Crippen LogP) is 7.28. The molecule has 1 atom stereocenters. The molecule has 1 heteroatoms. The van der Waals surface area contributed by atoms with Crippen LogP contribution in [0.4, 0.5) is 0 Å². The van der Waals surface area contributed by atoms with Gasteiger partial charge in [-0.2, -0.15) is 0 Å². The molecule has 0 aromatic heterocycles. The van der Waals surface area contributed by atoms with E-state index in [4.69, 9.17) is 0 Å². The predicted molar refractivity (Wildman–Crippen MR) is 119 cm³/mol. The minimum atomic E-state index is 0.0628. The quantitative estimate of drug-likeness (QED) is 0.401. The summed E-state index contributed by atoms with van der Waals surface area (Å²) in [6.07, 6.45) is 13.2. The summed E-state index contributed by atoms with van der Waals surface area (Å²) in [6.45, 7) is 4.74. The van der Waals surface area contributed by atoms with Gasteiger partial charge in [-0.05, 0) is 105 Å². The first kappa shape index (κ1) is 16.6. The summed E-state index contributed by atoms with van der Waals surface area (Å²) in [5, 5.41) is 0. The molecule has 0 heterocycles. The van der Waals surface area contributed by atoms with E-state index < -0.39 is 0 Å². The molecule has 3 aliphatic rings. The standard InChI is InChI=1S/C25H23I/c1-25(2)23-14-17(20-9-5-7-16-6-3-4-8-19(16)20)10-12-21(23)22-13-11-18(26)15-24(22)25/h4-5,8-16H,3,6-7H2,1-2H3. The number of rotatable bonds is 1. The van der Waals surface area contributed by atoms with E-state index in [1.165, 1.54) is 56.2 Å². The number of allylic oxidation sites excluding steroid dienone is 6. The van der Waals surface area contributed by atoms with Gasteiger partial charge >= 0.3 is 0 Å². The van der Waals surface area contributed by atoms with Crippen LogP contribution in [0.15, 0.2) is 66.3 Å². The molecule has 0 radical (unpaired) electrons. The molecular weight excluding hydrogens is 427 g/mol. The van der Waals surface area contributed by atoms with E-state index in [9.17, 15) is 0 Å². The van der Waals surface area contributed by atoms with Crippen LogP contribution >= 0.6 is 22.6 Å². The van der Waals surface area contributed by atoms with Gasteiger partial charge in [-0.15, -0.1) is 0 Å². The Balaban J connectivity index is 1.69. The van der Waals surface area contributed by atoms with Crippen LogP contribution in [0.5, 0.6) is 0 Å². The Morgan fingerprint density at radius 2 is 1.69 bits per heavy atom. The van der Waals surface area contributed by atoms with Crippen molar-refractivity contribution < 1.29 is 0 Å². The van der Waals surface area contributed by atoms with Gasteiger partial charge in [0.15, 0.2) is 0 Å². The summed E-state index contributed by atoms with van der Waals surface area (Å²) >= 11 is 2.43. The third-order valence-corrected chi connectivity index (χ3v) is 7.06. The SMILES string of the molecule is CC1(C)c2cc(I)ccc2-c2ccc(C3=C4C=CCCC4CC=C3)cc21. The van der Waals surface area contributed by atoms with Crippen molar-refractivity contribution >= 4 is 28.2 Å². The largest absolute Gasteiger partial charge is 0.0842 e. The fraction of sp³-hybridized carbons (Fsp3) is 0.280. The second kappa shape index (κ2) is 5.95. The van der Waals surface area contributed by atoms with Crippen molar-refractivity contribution in [3.8, 4) is 11.1 Å². The highest BCUT2D eigenvalue weighted by atomic mass is 127. The lowest BCUT2D eigenvalue weighted by atomic mass is 9.77. The first-order chi connectivity index (χ1) is 12.6. The maximum Gasteiger partial charge on any atom is 0.0159 e. The highest BCUT2D eigenvalue weighted by molar-refractivity contribution is 14.1. The van der Waals surface area contributed by atoms with Crippen LogP contribution in [0.25, 0.3) is 16.7 Å². The highest BCUT2D eigenvalue weighted by Gasteiger charge is 2.36. The number of fused-ring (bicyclic) bond motifs is 4. The molecule has 5 rings (SSSR count). The average molecular weight is 450 g/mol. The molecule has 0 saturated carbocycles. The van der Waals surface area contributed by atoms with E-state index in [0.29, 0.717) is 5.92 Å². The molecule has 3 aliphatic carbocycles. The summed E-state index contributed by atoms with van der Waals surface area (Å²) in [4.78, 5) is 0. The Labute approximate surface area is 169 Å². The zero-order valence-corrected chi connectivity index (χ0v) is 17.5. The van der Waals surface area contributed by atoms with Crippen LogP contribution in [0.2, 0.25) is 0 Å². The third-order valence-electron chi connectivity index (χ3n) is 6.38. The lowest BCUT2D eigenvalue weighted by molar-refractivity contribution is 0.568. The number of hydrogen-bond donors (Lipinski definition) is 0. The topological polar surface area (TPSA) is 0 Å². The molecule has 0 N–H and O–H groups in total. The van der Waals surface area contributed by atoms with E-state index in [2.05, 4.69) is 97.1 Å². The molecular formula is C25H23I. The van der Waals surface area contributed by atoms with Crippen LogP contribution in [0.1, 0.15) is 49.8 Å². The molecule has 26 heavy (non-hydrogen) atoms. The Morgan fingerprint density at radius 1 is 0.923 bits per heavy atom. The number of benzene rings is 2. The van der Waals surface area contributed by atoms with Crippen molar-refractivity contribution in [1.29, 1.82) is 0 Å². The Hall–Kier alpha value is -1.61. The van der Waals surface area contributed by atoms with E-state index >= 15 is 0 Å². The molecule has 0 bridgehead atoms. The van der Waals surface area contributed by atoms with Crippen LogP contribution < -0.4 is 0 Å². The maximum absolute atomic E-state index is 2.46. The van der Waals surface area contributed by atoms with Crippen molar-refractivity contribution in [2.45, 2.75) is 38.5 Å². The molecule has 2 aromatic carbocycles. The minimum Gasteiger partial charge on any atom is -0.0842 e. The monoisotopic (exact) mass is 450 g/mol. The van der Waals surface area contributed by atoms with Gasteiger partial charge in [-0.1, -0.05) is 56.4 Å². The van der Waals surface area contributed by atoms with Crippen LogP contribution in [-0.2, 0) is 5.41 Å². The van der Waals surface area contributed by atoms with Gasteiger partial charge in [0.1, 0.15) is 0 Å². The van der Waals surface area contributed by atoms with Crippen molar-refractivity contribution in [2.75, 3.05) is 0 Å². The van der Waals surface area contributed by atoms with E-state index in [0.717, 1.165) is 0 Å². The first-order valence-electron chi connectivity index (χ1n) is 9.58. The van der Waals surface area contributed by atoms with Gasteiger partial charge in [0, 0.05) is 8.99 Å². The van der Waals surface area contributed by atoms with Gasteiger partial charge in [-0.3, -0.25) is 0 Å². The lowest BCUT2D eigenvalue weighted by Crippen LogP contribution is -2.15. The molecule has 130 valence electrons. The van der Waals surface area contributed by atoms with Gasteiger partial charge < -0.3 is 0 Å². The fourth-order valence-electron chi connectivity index (χ4n) is 4.94. The van der Waals surface area contributed by atoms with E-state index in [1.807, 2.05) is 0 Å². The molecule has 1 unspecified atom stereocenters. The summed E-state index contributed by atoms with van der Waals surface area (Å²) in [7, 11) is 0. The highest BCUT2D eigenvalue weighted by Crippen LogP contribution is 2.50. The third kappa shape index (κ3) is 2.40. The maximum atomic E-state index is 2.46. The summed E-state index contributed by atoms with van der Waals surface area (Å²) in [6, 6.07) is 14.0. The average Bonchev–Trinajstić information content (AvgIpc) is 2.88. The number of halogens is 1. The zero-order valence-electron chi connectivity index (χ0n) is 15.4. The molecule has 0 amide bonds. The van der Waals surface area contributed by atoms with E-state index in [-0.39, 0.29) is 5.41 Å². The van der Waals surface area contributed by atoms with Gasteiger partial charge in [-0.25, -0.2) is 0 Å². The van der Waals surface area contributed by atoms with Crippen LogP contribution in [0.3, 0.4) is 0 Å². The summed E-state index contributed by atoms with van der Waals surface area (Å²) < 4.78 is 1.32. The number of hydrogen-bond acceptors (Lipinski definition) is 0. The second-order valence-corrected chi connectivity index (χ2v) is 9.50. The lowest BCUT2D eigenvalue weighted by Gasteiger charge is -2.27. The van der Waals surface area contributed by atoms with Gasteiger partial charge in [0.2, 0.25) is 0 Å². The molecule has 0 saturated heterocycles. The Morgan fingerprint density at radius 3 is 2.54 bits per heavy atom. The smallest absolute Gasteiger partial charge is 0.0159 e. The second-order valence-electron chi connectivity index (χ2n) is 8.26. The van der Waals surface area contributed by atoms with Crippen LogP contribution in [0, 0.1) is 9.49 Å². The normalized spacial score (nSPS) is 22.2.